The van der Waals surface area contributed by atoms with E-state index >= 15 is 0 Å². The van der Waals surface area contributed by atoms with Crippen LogP contribution in [0.5, 0.6) is 0 Å². The van der Waals surface area contributed by atoms with E-state index in [4.69, 9.17) is 10.2 Å². The van der Waals surface area contributed by atoms with Gasteiger partial charge >= 0.3 is 30.0 Å². The van der Waals surface area contributed by atoms with Gasteiger partial charge in [-0.25, -0.2) is 19.2 Å². The maximum absolute atomic E-state index is 11.9. The number of hydrogen-bond donors (Lipinski definition) is 7. The standard InChI is InChI=1S/C19H25BrN4O8/c20-11-4-6-12(7-5-11)22-18(31)21-10-2-1-3-13(16(27)28)23-19(32)24-14(17(29)30)8-9-15(25)26/h4-7,13-14H,1-3,8-10H2,(H,25,26)(H,27,28)(H,29,30)(H2,21,22,31)(H2,23,24,32)/t13-,14-/m0/s1. The number of rotatable bonds is 13. The molecule has 1 rings (SSSR count). The summed E-state index contributed by atoms with van der Waals surface area (Å²) in [5.74, 6) is -3.96. The Kier molecular flexibility index (Phi) is 11.6. The third-order valence-corrected chi connectivity index (χ3v) is 4.69. The second kappa shape index (κ2) is 13.9. The zero-order valence-corrected chi connectivity index (χ0v) is 18.6. The van der Waals surface area contributed by atoms with Crippen molar-refractivity contribution in [3.05, 3.63) is 28.7 Å². The van der Waals surface area contributed by atoms with E-state index in [1.807, 2.05) is 0 Å². The Balaban J connectivity index is 2.36. The molecule has 0 aliphatic heterocycles. The zero-order chi connectivity index (χ0) is 24.1. The summed E-state index contributed by atoms with van der Waals surface area (Å²) in [4.78, 5) is 56.8. The lowest BCUT2D eigenvalue weighted by Gasteiger charge is -2.18. The van der Waals surface area contributed by atoms with Crippen molar-refractivity contribution < 1.29 is 39.3 Å². The molecule has 0 saturated carbocycles. The van der Waals surface area contributed by atoms with Crippen molar-refractivity contribution in [2.24, 2.45) is 0 Å². The van der Waals surface area contributed by atoms with Crippen LogP contribution in [0.25, 0.3) is 0 Å². The Morgan fingerprint density at radius 3 is 1.91 bits per heavy atom. The number of carbonyl (C=O) groups excluding carboxylic acids is 2. The van der Waals surface area contributed by atoms with Crippen LogP contribution in [-0.2, 0) is 14.4 Å². The predicted molar refractivity (Wildman–Crippen MR) is 116 cm³/mol. The highest BCUT2D eigenvalue weighted by molar-refractivity contribution is 9.10. The van der Waals surface area contributed by atoms with Gasteiger partial charge in [0.25, 0.3) is 0 Å². The Labute approximate surface area is 191 Å². The lowest BCUT2D eigenvalue weighted by Crippen LogP contribution is -2.51. The molecule has 0 aromatic heterocycles. The van der Waals surface area contributed by atoms with E-state index in [1.165, 1.54) is 0 Å². The molecule has 0 bridgehead atoms. The number of anilines is 1. The number of carboxylic acids is 3. The molecular formula is C19H25BrN4O8. The fraction of sp³-hybridized carbons (Fsp3) is 0.421. The predicted octanol–water partition coefficient (Wildman–Crippen LogP) is 1.81. The number of carboxylic acid groups (broad SMARTS) is 3. The van der Waals surface area contributed by atoms with Crippen LogP contribution >= 0.6 is 15.9 Å². The van der Waals surface area contributed by atoms with Crippen LogP contribution in [0.4, 0.5) is 15.3 Å². The van der Waals surface area contributed by atoms with Crippen LogP contribution in [0.2, 0.25) is 0 Å². The number of benzene rings is 1. The summed E-state index contributed by atoms with van der Waals surface area (Å²) in [6.45, 7) is 0.275. The van der Waals surface area contributed by atoms with Gasteiger partial charge in [0.2, 0.25) is 0 Å². The van der Waals surface area contributed by atoms with Gasteiger partial charge < -0.3 is 36.6 Å². The maximum atomic E-state index is 11.9. The highest BCUT2D eigenvalue weighted by atomic mass is 79.9. The monoisotopic (exact) mass is 516 g/mol. The molecule has 0 radical (unpaired) electrons. The van der Waals surface area contributed by atoms with E-state index in [0.29, 0.717) is 18.5 Å². The first-order valence-corrected chi connectivity index (χ1v) is 10.4. The van der Waals surface area contributed by atoms with Crippen LogP contribution in [0.15, 0.2) is 28.7 Å². The van der Waals surface area contributed by atoms with Crippen molar-refractivity contribution in [2.45, 2.75) is 44.2 Å². The molecule has 12 nitrogen and oxygen atoms in total. The smallest absolute Gasteiger partial charge is 0.326 e. The highest BCUT2D eigenvalue weighted by Crippen LogP contribution is 2.13. The quantitative estimate of drug-likeness (QED) is 0.192. The Hall–Kier alpha value is -3.35. The van der Waals surface area contributed by atoms with Gasteiger partial charge in [0.1, 0.15) is 12.1 Å². The average molecular weight is 517 g/mol. The fourth-order valence-electron chi connectivity index (χ4n) is 2.52. The topological polar surface area (TPSA) is 194 Å². The zero-order valence-electron chi connectivity index (χ0n) is 17.0. The third-order valence-electron chi connectivity index (χ3n) is 4.16. The number of urea groups is 2. The first-order valence-electron chi connectivity index (χ1n) is 9.63. The number of amides is 4. The van der Waals surface area contributed by atoms with E-state index in [-0.39, 0.29) is 19.4 Å². The minimum atomic E-state index is -1.46. The first kappa shape index (κ1) is 26.7. The van der Waals surface area contributed by atoms with Gasteiger partial charge in [-0.2, -0.15) is 0 Å². The van der Waals surface area contributed by atoms with Gasteiger partial charge in [0.05, 0.1) is 0 Å². The molecule has 2 atom stereocenters. The van der Waals surface area contributed by atoms with Crippen molar-refractivity contribution >= 4 is 51.6 Å². The number of halogens is 1. The summed E-state index contributed by atoms with van der Waals surface area (Å²) in [6, 6.07) is 2.80. The van der Waals surface area contributed by atoms with E-state index in [0.717, 1.165) is 4.47 Å². The first-order chi connectivity index (χ1) is 15.1. The van der Waals surface area contributed by atoms with Gasteiger partial charge in [0.15, 0.2) is 0 Å². The number of hydrogen-bond acceptors (Lipinski definition) is 5. The average Bonchev–Trinajstić information content (AvgIpc) is 2.71. The maximum Gasteiger partial charge on any atom is 0.326 e. The van der Waals surface area contributed by atoms with Crippen LogP contribution in [0.3, 0.4) is 0 Å². The minimum absolute atomic E-state index is 0.0473. The fourth-order valence-corrected chi connectivity index (χ4v) is 2.79. The van der Waals surface area contributed by atoms with Crippen LogP contribution in [0, 0.1) is 0 Å². The summed E-state index contributed by atoms with van der Waals surface area (Å²) in [7, 11) is 0. The van der Waals surface area contributed by atoms with Crippen LogP contribution < -0.4 is 21.3 Å². The summed E-state index contributed by atoms with van der Waals surface area (Å²) < 4.78 is 0.873. The lowest BCUT2D eigenvalue weighted by molar-refractivity contribution is -0.140. The van der Waals surface area contributed by atoms with Gasteiger partial charge in [-0.3, -0.25) is 4.79 Å². The normalized spacial score (nSPS) is 12.2. The molecule has 0 aliphatic rings. The molecule has 4 amide bonds. The Morgan fingerprint density at radius 2 is 1.38 bits per heavy atom. The molecule has 1 aromatic rings. The molecular weight excluding hydrogens is 492 g/mol. The van der Waals surface area contributed by atoms with Crippen LogP contribution in [0.1, 0.15) is 32.1 Å². The molecule has 176 valence electrons. The number of unbranched alkanes of at least 4 members (excludes halogenated alkanes) is 1. The van der Waals surface area contributed by atoms with E-state index in [9.17, 15) is 29.1 Å². The molecule has 0 heterocycles. The van der Waals surface area contributed by atoms with E-state index < -0.39 is 48.5 Å². The summed E-state index contributed by atoms with van der Waals surface area (Å²) >= 11 is 3.29. The Morgan fingerprint density at radius 1 is 0.812 bits per heavy atom. The van der Waals surface area contributed by atoms with Gasteiger partial charge in [-0.05, 0) is 49.9 Å². The largest absolute Gasteiger partial charge is 0.481 e. The highest BCUT2D eigenvalue weighted by Gasteiger charge is 2.24. The van der Waals surface area contributed by atoms with Crippen LogP contribution in [-0.4, -0.2) is 63.9 Å². The second-order valence-electron chi connectivity index (χ2n) is 6.72. The van der Waals surface area contributed by atoms with Gasteiger partial charge in [0, 0.05) is 23.1 Å². The molecule has 0 saturated heterocycles. The third kappa shape index (κ3) is 11.2. The van der Waals surface area contributed by atoms with Gasteiger partial charge in [-0.1, -0.05) is 15.9 Å². The number of carbonyl (C=O) groups is 5. The van der Waals surface area contributed by atoms with Crippen molar-refractivity contribution in [3.8, 4) is 0 Å². The summed E-state index contributed by atoms with van der Waals surface area (Å²) in [5.41, 5.74) is 0.606. The molecule has 0 fully saturated rings. The molecule has 0 aliphatic carbocycles. The van der Waals surface area contributed by atoms with Crippen molar-refractivity contribution in [2.75, 3.05) is 11.9 Å². The van der Waals surface area contributed by atoms with Crippen molar-refractivity contribution in [3.63, 3.8) is 0 Å². The molecule has 7 N–H and O–H groups in total. The number of nitrogens with one attached hydrogen (secondary N) is 4. The SMILES string of the molecule is O=C(O)CC[C@H](NC(=O)N[C@@H](CCCCNC(=O)Nc1ccc(Br)cc1)C(=O)O)C(=O)O. The molecule has 0 spiro atoms. The molecule has 32 heavy (non-hydrogen) atoms. The van der Waals surface area contributed by atoms with Crippen molar-refractivity contribution in [1.82, 2.24) is 16.0 Å². The summed E-state index contributed by atoms with van der Waals surface area (Å²) in [5, 5.41) is 36.4. The van der Waals surface area contributed by atoms with Gasteiger partial charge in [-0.15, -0.1) is 0 Å². The Bertz CT molecular complexity index is 818. The van der Waals surface area contributed by atoms with Crippen molar-refractivity contribution in [1.29, 1.82) is 0 Å². The number of aliphatic carboxylic acids is 3. The molecule has 0 unspecified atom stereocenters. The van der Waals surface area contributed by atoms with E-state index in [1.54, 1.807) is 24.3 Å². The lowest BCUT2D eigenvalue weighted by atomic mass is 10.1. The summed E-state index contributed by atoms with van der Waals surface area (Å²) in [6.07, 6.45) is 0.0336. The second-order valence-corrected chi connectivity index (χ2v) is 7.63. The molecule has 13 heteroatoms. The minimum Gasteiger partial charge on any atom is -0.481 e. The molecule has 1 aromatic carbocycles. The van der Waals surface area contributed by atoms with E-state index in [2.05, 4.69) is 37.2 Å².